The van der Waals surface area contributed by atoms with Crippen molar-refractivity contribution in [3.8, 4) is 11.3 Å². The Labute approximate surface area is 245 Å². The molecule has 0 aliphatic carbocycles. The predicted molar refractivity (Wildman–Crippen MR) is 172 cm³/mol. The van der Waals surface area contributed by atoms with Gasteiger partial charge in [-0.25, -0.2) is 9.97 Å². The highest BCUT2D eigenvalue weighted by atomic mass is 15.3. The summed E-state index contributed by atoms with van der Waals surface area (Å²) in [5.41, 5.74) is 9.51. The van der Waals surface area contributed by atoms with E-state index < -0.39 is 0 Å². The smallest absolute Gasteiger partial charge is 0.116 e. The topological polar surface area (TPSA) is 43.7 Å². The quantitative estimate of drug-likeness (QED) is 0.299. The van der Waals surface area contributed by atoms with Crippen LogP contribution in [0.2, 0.25) is 0 Å². The molecule has 0 saturated carbocycles. The maximum atomic E-state index is 5.35. The van der Waals surface area contributed by atoms with E-state index in [4.69, 9.17) is 9.97 Å². The van der Waals surface area contributed by atoms with E-state index >= 15 is 0 Å². The summed E-state index contributed by atoms with van der Waals surface area (Å²) in [4.78, 5) is 20.5. The lowest BCUT2D eigenvalue weighted by molar-refractivity contribution is 0.150. The third-order valence-electron chi connectivity index (χ3n) is 9.29. The van der Waals surface area contributed by atoms with Gasteiger partial charge in [-0.3, -0.25) is 4.90 Å². The molecule has 2 aromatic carbocycles. The normalized spacial score (nSPS) is 17.7. The standard InChI is InChI=1S/C34H47N7/c1-6-7-8-27-23-25(2)31-30(24-27)34-33(35-26(3)41(34)22-19-39-17-13-37(4)14-18-39)32(36-31)28-9-11-29(12-10-28)40-20-15-38(5)16-21-40/h9-12,23-24H,6-8,13-22H2,1-5H3. The van der Waals surface area contributed by atoms with E-state index in [0.717, 1.165) is 100.0 Å². The molecule has 0 N–H and O–H groups in total. The molecule has 7 nitrogen and oxygen atoms in total. The third kappa shape index (κ3) is 5.85. The molecule has 2 aliphatic rings. The summed E-state index contributed by atoms with van der Waals surface area (Å²) in [5, 5.41) is 1.25. The molecule has 0 spiro atoms. The van der Waals surface area contributed by atoms with Crippen LogP contribution in [0.1, 0.15) is 36.7 Å². The number of benzene rings is 2. The summed E-state index contributed by atoms with van der Waals surface area (Å²) in [5.74, 6) is 1.08. The van der Waals surface area contributed by atoms with E-state index in [1.165, 1.54) is 40.6 Å². The molecule has 0 bridgehead atoms. The van der Waals surface area contributed by atoms with Gasteiger partial charge in [0.15, 0.2) is 0 Å². The lowest BCUT2D eigenvalue weighted by Crippen LogP contribution is -2.45. The van der Waals surface area contributed by atoms with Crippen molar-refractivity contribution in [1.82, 2.24) is 29.2 Å². The first-order valence-electron chi connectivity index (χ1n) is 15.7. The number of unbranched alkanes of at least 4 members (excludes halogenated alkanes) is 1. The highest BCUT2D eigenvalue weighted by Gasteiger charge is 2.21. The van der Waals surface area contributed by atoms with Crippen LogP contribution < -0.4 is 4.90 Å². The molecular formula is C34H47N7. The van der Waals surface area contributed by atoms with Crippen molar-refractivity contribution in [1.29, 1.82) is 0 Å². The summed E-state index contributed by atoms with van der Waals surface area (Å²) in [6.07, 6.45) is 3.52. The van der Waals surface area contributed by atoms with Crippen LogP contribution in [0.4, 0.5) is 5.69 Å². The van der Waals surface area contributed by atoms with Crippen molar-refractivity contribution in [3.05, 3.63) is 53.3 Å². The molecular weight excluding hydrogens is 506 g/mol. The number of pyridine rings is 1. The lowest BCUT2D eigenvalue weighted by Gasteiger charge is -2.34. The van der Waals surface area contributed by atoms with E-state index in [-0.39, 0.29) is 0 Å². The second-order valence-electron chi connectivity index (χ2n) is 12.4. The van der Waals surface area contributed by atoms with Gasteiger partial charge in [-0.15, -0.1) is 0 Å². The van der Waals surface area contributed by atoms with Gasteiger partial charge in [0.2, 0.25) is 0 Å². The van der Waals surface area contributed by atoms with Gasteiger partial charge in [-0.2, -0.15) is 0 Å². The van der Waals surface area contributed by atoms with Crippen LogP contribution in [0.25, 0.3) is 33.2 Å². The van der Waals surface area contributed by atoms with Crippen LogP contribution in [0.5, 0.6) is 0 Å². The summed E-state index contributed by atoms with van der Waals surface area (Å²) < 4.78 is 2.48. The van der Waals surface area contributed by atoms with Gasteiger partial charge in [0, 0.05) is 82.1 Å². The van der Waals surface area contributed by atoms with Gasteiger partial charge < -0.3 is 19.3 Å². The molecule has 2 saturated heterocycles. The van der Waals surface area contributed by atoms with Crippen LogP contribution in [0, 0.1) is 13.8 Å². The largest absolute Gasteiger partial charge is 0.369 e. The number of fused-ring (bicyclic) bond motifs is 3. The Balaban J connectivity index is 1.42. The average Bonchev–Trinajstić information content (AvgIpc) is 3.32. The van der Waals surface area contributed by atoms with Gasteiger partial charge in [0.1, 0.15) is 11.3 Å². The number of aromatic nitrogens is 3. The molecule has 0 amide bonds. The number of imidazole rings is 1. The Kier molecular flexibility index (Phi) is 8.29. The van der Waals surface area contributed by atoms with Crippen molar-refractivity contribution in [2.24, 2.45) is 0 Å². The number of hydrogen-bond acceptors (Lipinski definition) is 6. The van der Waals surface area contributed by atoms with Gasteiger partial charge in [0.25, 0.3) is 0 Å². The van der Waals surface area contributed by atoms with Crippen LogP contribution >= 0.6 is 0 Å². The molecule has 218 valence electrons. The zero-order chi connectivity index (χ0) is 28.5. The molecule has 0 unspecified atom stereocenters. The zero-order valence-corrected chi connectivity index (χ0v) is 25.8. The van der Waals surface area contributed by atoms with E-state index in [1.807, 2.05) is 0 Å². The molecule has 2 aliphatic heterocycles. The van der Waals surface area contributed by atoms with Crippen LogP contribution in [0.3, 0.4) is 0 Å². The first-order valence-corrected chi connectivity index (χ1v) is 15.7. The predicted octanol–water partition coefficient (Wildman–Crippen LogP) is 5.21. The first kappa shape index (κ1) is 28.1. The Morgan fingerprint density at radius 1 is 0.756 bits per heavy atom. The van der Waals surface area contributed by atoms with Crippen LogP contribution in [0.15, 0.2) is 36.4 Å². The Morgan fingerprint density at radius 2 is 1.44 bits per heavy atom. The molecule has 7 heteroatoms. The van der Waals surface area contributed by atoms with Crippen molar-refractivity contribution in [2.75, 3.05) is 77.9 Å². The van der Waals surface area contributed by atoms with Gasteiger partial charge >= 0.3 is 0 Å². The Hall–Kier alpha value is -3.00. The SMILES string of the molecule is CCCCc1cc(C)c2nc(-c3ccc(N4CCN(C)CC4)cc3)c3nc(C)n(CCN4CCN(C)CC4)c3c2c1. The van der Waals surface area contributed by atoms with Gasteiger partial charge in [-0.05, 0) is 70.1 Å². The molecule has 0 atom stereocenters. The molecule has 4 heterocycles. The Morgan fingerprint density at radius 3 is 2.12 bits per heavy atom. The number of nitrogens with zero attached hydrogens (tertiary/aromatic N) is 7. The lowest BCUT2D eigenvalue weighted by atomic mass is 9.99. The molecule has 0 radical (unpaired) electrons. The summed E-state index contributed by atoms with van der Waals surface area (Å²) in [7, 11) is 4.43. The van der Waals surface area contributed by atoms with E-state index in [0.29, 0.717) is 0 Å². The van der Waals surface area contributed by atoms with E-state index in [2.05, 4.69) is 95.4 Å². The van der Waals surface area contributed by atoms with Crippen LogP contribution in [-0.2, 0) is 13.0 Å². The number of rotatable bonds is 8. The highest BCUT2D eigenvalue weighted by Crippen LogP contribution is 2.35. The van der Waals surface area contributed by atoms with E-state index in [9.17, 15) is 0 Å². The molecule has 41 heavy (non-hydrogen) atoms. The molecule has 2 aromatic heterocycles. The fourth-order valence-electron chi connectivity index (χ4n) is 6.56. The second-order valence-corrected chi connectivity index (χ2v) is 12.4. The highest BCUT2D eigenvalue weighted by molar-refractivity contribution is 6.09. The maximum absolute atomic E-state index is 5.35. The fourth-order valence-corrected chi connectivity index (χ4v) is 6.56. The first-order chi connectivity index (χ1) is 19.9. The minimum atomic E-state index is 0.950. The number of piperazine rings is 2. The van der Waals surface area contributed by atoms with Crippen LogP contribution in [-0.4, -0.2) is 102 Å². The molecule has 4 aromatic rings. The van der Waals surface area contributed by atoms with E-state index in [1.54, 1.807) is 0 Å². The minimum Gasteiger partial charge on any atom is -0.369 e. The summed E-state index contributed by atoms with van der Waals surface area (Å²) >= 11 is 0. The number of anilines is 1. The Bertz CT molecular complexity index is 1490. The number of hydrogen-bond donors (Lipinski definition) is 0. The number of aryl methyl sites for hydroxylation is 3. The molecule has 2 fully saturated rings. The molecule has 6 rings (SSSR count). The summed E-state index contributed by atoms with van der Waals surface area (Å²) in [6, 6.07) is 13.8. The van der Waals surface area contributed by atoms with Crippen molar-refractivity contribution in [3.63, 3.8) is 0 Å². The van der Waals surface area contributed by atoms with Gasteiger partial charge in [-0.1, -0.05) is 31.5 Å². The minimum absolute atomic E-state index is 0.950. The van der Waals surface area contributed by atoms with Gasteiger partial charge in [0.05, 0.1) is 16.7 Å². The monoisotopic (exact) mass is 553 g/mol. The van der Waals surface area contributed by atoms with Crippen molar-refractivity contribution in [2.45, 2.75) is 46.6 Å². The fraction of sp³-hybridized carbons (Fsp3) is 0.529. The van der Waals surface area contributed by atoms with Crippen molar-refractivity contribution >= 4 is 27.6 Å². The number of likely N-dealkylation sites (N-methyl/N-ethyl adjacent to an activating group) is 2. The third-order valence-corrected chi connectivity index (χ3v) is 9.29. The summed E-state index contributed by atoms with van der Waals surface area (Å²) in [6.45, 7) is 17.6. The average molecular weight is 554 g/mol. The zero-order valence-electron chi connectivity index (χ0n) is 25.8. The van der Waals surface area contributed by atoms with Crippen molar-refractivity contribution < 1.29 is 0 Å². The second kappa shape index (κ2) is 12.1. The maximum Gasteiger partial charge on any atom is 0.116 e.